The molecule has 0 bridgehead atoms. The second kappa shape index (κ2) is 5.04. The van der Waals surface area contributed by atoms with E-state index in [0.29, 0.717) is 12.1 Å². The Morgan fingerprint density at radius 3 is 2.94 bits per heavy atom. The quantitative estimate of drug-likeness (QED) is 0.886. The number of piperidine rings is 1. The van der Waals surface area contributed by atoms with Gasteiger partial charge in [-0.15, -0.1) is 0 Å². The van der Waals surface area contributed by atoms with Crippen molar-refractivity contribution in [1.29, 1.82) is 0 Å². The normalized spacial score (nSPS) is 30.3. The van der Waals surface area contributed by atoms with Crippen LogP contribution in [0.3, 0.4) is 0 Å². The third kappa shape index (κ3) is 2.61. The highest BCUT2D eigenvalue weighted by Gasteiger charge is 2.29. The third-order valence-electron chi connectivity index (χ3n) is 4.63. The highest BCUT2D eigenvalue weighted by molar-refractivity contribution is 5.07. The fraction of sp³-hybridized carbons (Fsp3) is 0.800. The molecule has 1 saturated heterocycles. The SMILES string of the molecule is CC1CCCC(c2cncn2CC(C)C2CC2)N1. The maximum atomic E-state index is 4.38. The molecule has 0 radical (unpaired) electrons. The number of nitrogens with zero attached hydrogens (tertiary/aromatic N) is 2. The van der Waals surface area contributed by atoms with Crippen LogP contribution in [0.25, 0.3) is 0 Å². The number of rotatable bonds is 4. The van der Waals surface area contributed by atoms with Crippen LogP contribution >= 0.6 is 0 Å². The molecule has 18 heavy (non-hydrogen) atoms. The Morgan fingerprint density at radius 2 is 2.22 bits per heavy atom. The van der Waals surface area contributed by atoms with Gasteiger partial charge in [-0.25, -0.2) is 4.98 Å². The van der Waals surface area contributed by atoms with E-state index in [4.69, 9.17) is 0 Å². The van der Waals surface area contributed by atoms with E-state index in [9.17, 15) is 0 Å². The van der Waals surface area contributed by atoms with E-state index in [-0.39, 0.29) is 0 Å². The van der Waals surface area contributed by atoms with Crippen molar-refractivity contribution in [2.75, 3.05) is 0 Å². The number of nitrogens with one attached hydrogen (secondary N) is 1. The molecular formula is C15H25N3. The molecule has 0 amide bonds. The first-order chi connectivity index (χ1) is 8.74. The summed E-state index contributed by atoms with van der Waals surface area (Å²) in [7, 11) is 0. The lowest BCUT2D eigenvalue weighted by molar-refractivity contribution is 0.321. The van der Waals surface area contributed by atoms with Gasteiger partial charge in [0.15, 0.2) is 0 Å². The van der Waals surface area contributed by atoms with Crippen LogP contribution in [0.2, 0.25) is 0 Å². The molecule has 2 aliphatic rings. The van der Waals surface area contributed by atoms with Crippen LogP contribution in [0.1, 0.15) is 57.7 Å². The number of hydrogen-bond donors (Lipinski definition) is 1. The van der Waals surface area contributed by atoms with Gasteiger partial charge in [0.05, 0.1) is 12.0 Å². The molecule has 1 aromatic heterocycles. The van der Waals surface area contributed by atoms with Gasteiger partial charge in [0.2, 0.25) is 0 Å². The first kappa shape index (κ1) is 12.2. The summed E-state index contributed by atoms with van der Waals surface area (Å²) < 4.78 is 2.39. The molecule has 1 aliphatic heterocycles. The summed E-state index contributed by atoms with van der Waals surface area (Å²) in [6.45, 7) is 5.82. The second-order valence-corrected chi connectivity index (χ2v) is 6.34. The summed E-state index contributed by atoms with van der Waals surface area (Å²) in [6.07, 6.45) is 10.9. The molecule has 0 aromatic carbocycles. The fourth-order valence-corrected chi connectivity index (χ4v) is 3.27. The molecule has 1 N–H and O–H groups in total. The first-order valence-corrected chi connectivity index (χ1v) is 7.50. The Kier molecular flexibility index (Phi) is 3.42. The lowest BCUT2D eigenvalue weighted by Gasteiger charge is -2.29. The minimum absolute atomic E-state index is 0.516. The monoisotopic (exact) mass is 247 g/mol. The molecule has 2 fully saturated rings. The predicted octanol–water partition coefficient (Wildman–Crippen LogP) is 3.13. The van der Waals surface area contributed by atoms with Crippen molar-refractivity contribution in [3.63, 3.8) is 0 Å². The van der Waals surface area contributed by atoms with E-state index in [1.165, 1.54) is 37.8 Å². The molecule has 3 nitrogen and oxygen atoms in total. The largest absolute Gasteiger partial charge is 0.333 e. The summed E-state index contributed by atoms with van der Waals surface area (Å²) in [5, 5.41) is 3.72. The van der Waals surface area contributed by atoms with Gasteiger partial charge in [0.1, 0.15) is 0 Å². The van der Waals surface area contributed by atoms with Crippen molar-refractivity contribution < 1.29 is 0 Å². The zero-order chi connectivity index (χ0) is 12.5. The van der Waals surface area contributed by atoms with Crippen molar-refractivity contribution in [2.45, 2.75) is 64.6 Å². The molecule has 3 rings (SSSR count). The summed E-state index contributed by atoms with van der Waals surface area (Å²) in [5.74, 6) is 1.78. The summed E-state index contributed by atoms with van der Waals surface area (Å²) in [4.78, 5) is 4.38. The molecule has 3 unspecified atom stereocenters. The van der Waals surface area contributed by atoms with Crippen molar-refractivity contribution in [1.82, 2.24) is 14.9 Å². The van der Waals surface area contributed by atoms with Gasteiger partial charge in [-0.2, -0.15) is 0 Å². The van der Waals surface area contributed by atoms with Crippen molar-refractivity contribution in [3.8, 4) is 0 Å². The maximum Gasteiger partial charge on any atom is 0.0948 e. The van der Waals surface area contributed by atoms with Gasteiger partial charge in [0, 0.05) is 24.8 Å². The van der Waals surface area contributed by atoms with E-state index < -0.39 is 0 Å². The van der Waals surface area contributed by atoms with Crippen LogP contribution in [0.15, 0.2) is 12.5 Å². The minimum atomic E-state index is 0.516. The highest BCUT2D eigenvalue weighted by atomic mass is 15.1. The number of hydrogen-bond acceptors (Lipinski definition) is 2. The average Bonchev–Trinajstić information content (AvgIpc) is 3.11. The first-order valence-electron chi connectivity index (χ1n) is 7.50. The molecular weight excluding hydrogens is 222 g/mol. The Hall–Kier alpha value is -0.830. The van der Waals surface area contributed by atoms with E-state index in [0.717, 1.165) is 18.4 Å². The maximum absolute atomic E-state index is 4.38. The van der Waals surface area contributed by atoms with Crippen LogP contribution in [0.5, 0.6) is 0 Å². The van der Waals surface area contributed by atoms with Crippen LogP contribution < -0.4 is 5.32 Å². The molecule has 1 aromatic rings. The fourth-order valence-electron chi connectivity index (χ4n) is 3.27. The Balaban J connectivity index is 1.69. The molecule has 0 spiro atoms. The van der Waals surface area contributed by atoms with E-state index >= 15 is 0 Å². The standard InChI is InChI=1S/C15H25N3/c1-11(13-6-7-13)9-18-10-16-8-15(18)14-5-3-4-12(2)17-14/h8,10-14,17H,3-7,9H2,1-2H3. The molecule has 3 heteroatoms. The summed E-state index contributed by atoms with van der Waals surface area (Å²) in [5.41, 5.74) is 1.40. The van der Waals surface area contributed by atoms with Crippen molar-refractivity contribution in [3.05, 3.63) is 18.2 Å². The van der Waals surface area contributed by atoms with Crippen LogP contribution in [0.4, 0.5) is 0 Å². The van der Waals surface area contributed by atoms with Crippen LogP contribution in [-0.2, 0) is 6.54 Å². The van der Waals surface area contributed by atoms with E-state index in [2.05, 4.69) is 34.9 Å². The zero-order valence-corrected chi connectivity index (χ0v) is 11.6. The molecule has 100 valence electrons. The molecule has 3 atom stereocenters. The van der Waals surface area contributed by atoms with Gasteiger partial charge in [-0.3, -0.25) is 0 Å². The van der Waals surface area contributed by atoms with Gasteiger partial charge < -0.3 is 9.88 Å². The number of imidazole rings is 1. The minimum Gasteiger partial charge on any atom is -0.333 e. The van der Waals surface area contributed by atoms with Gasteiger partial charge in [-0.05, 0) is 50.9 Å². The zero-order valence-electron chi connectivity index (χ0n) is 11.6. The Morgan fingerprint density at radius 1 is 1.39 bits per heavy atom. The van der Waals surface area contributed by atoms with Crippen molar-refractivity contribution >= 4 is 0 Å². The topological polar surface area (TPSA) is 29.9 Å². The van der Waals surface area contributed by atoms with E-state index in [1.54, 1.807) is 0 Å². The summed E-state index contributed by atoms with van der Waals surface area (Å²) in [6, 6.07) is 1.16. The highest BCUT2D eigenvalue weighted by Crippen LogP contribution is 2.37. The van der Waals surface area contributed by atoms with Gasteiger partial charge >= 0.3 is 0 Å². The molecule has 1 aliphatic carbocycles. The van der Waals surface area contributed by atoms with Crippen molar-refractivity contribution in [2.24, 2.45) is 11.8 Å². The van der Waals surface area contributed by atoms with Crippen LogP contribution in [-0.4, -0.2) is 15.6 Å². The second-order valence-electron chi connectivity index (χ2n) is 6.34. The lowest BCUT2D eigenvalue weighted by atomic mass is 9.97. The number of aromatic nitrogens is 2. The Bertz CT molecular complexity index is 394. The third-order valence-corrected chi connectivity index (χ3v) is 4.63. The smallest absolute Gasteiger partial charge is 0.0948 e. The Labute approximate surface area is 110 Å². The molecule has 1 saturated carbocycles. The van der Waals surface area contributed by atoms with Gasteiger partial charge in [-0.1, -0.05) is 6.92 Å². The van der Waals surface area contributed by atoms with Gasteiger partial charge in [0.25, 0.3) is 0 Å². The predicted molar refractivity (Wildman–Crippen MR) is 73.3 cm³/mol. The summed E-state index contributed by atoms with van der Waals surface area (Å²) >= 11 is 0. The van der Waals surface area contributed by atoms with E-state index in [1.807, 2.05) is 6.33 Å². The molecule has 2 heterocycles. The lowest BCUT2D eigenvalue weighted by Crippen LogP contribution is -2.35. The van der Waals surface area contributed by atoms with Crippen LogP contribution in [0, 0.1) is 11.8 Å². The average molecular weight is 247 g/mol.